The van der Waals surface area contributed by atoms with Crippen LogP contribution < -0.4 is 9.62 Å². The molecule has 1 N–H and O–H groups in total. The van der Waals surface area contributed by atoms with Crippen LogP contribution in [0.15, 0.2) is 82.2 Å². The quantitative estimate of drug-likeness (QED) is 0.236. The Kier molecular flexibility index (Phi) is 11.3. The van der Waals surface area contributed by atoms with E-state index >= 15 is 0 Å². The Morgan fingerprint density at radius 3 is 2.12 bits per heavy atom. The van der Waals surface area contributed by atoms with Gasteiger partial charge in [0.05, 0.1) is 10.6 Å². The van der Waals surface area contributed by atoms with Gasteiger partial charge >= 0.3 is 0 Å². The van der Waals surface area contributed by atoms with Gasteiger partial charge in [0, 0.05) is 17.6 Å². The number of rotatable bonds is 13. The van der Waals surface area contributed by atoms with Crippen LogP contribution >= 0.6 is 15.9 Å². The van der Waals surface area contributed by atoms with Crippen molar-refractivity contribution in [1.82, 2.24) is 10.2 Å². The fourth-order valence-corrected chi connectivity index (χ4v) is 6.11. The van der Waals surface area contributed by atoms with Crippen LogP contribution in [0, 0.1) is 13.8 Å². The summed E-state index contributed by atoms with van der Waals surface area (Å²) in [5.74, 6) is -0.708. The molecule has 9 heteroatoms. The van der Waals surface area contributed by atoms with E-state index in [9.17, 15) is 18.0 Å². The van der Waals surface area contributed by atoms with Crippen molar-refractivity contribution in [2.24, 2.45) is 0 Å². The average molecular weight is 629 g/mol. The van der Waals surface area contributed by atoms with E-state index in [1.54, 1.807) is 48.5 Å². The fraction of sp³-hybridized carbons (Fsp3) is 0.355. The zero-order valence-corrected chi connectivity index (χ0v) is 26.0. The molecule has 7 nitrogen and oxygen atoms in total. The lowest BCUT2D eigenvalue weighted by atomic mass is 10.1. The van der Waals surface area contributed by atoms with Gasteiger partial charge in [0.2, 0.25) is 11.8 Å². The molecule has 0 bridgehead atoms. The molecule has 0 spiro atoms. The fourth-order valence-electron chi connectivity index (χ4n) is 4.31. The molecular weight excluding hydrogens is 590 g/mol. The van der Waals surface area contributed by atoms with Crippen LogP contribution in [-0.4, -0.2) is 44.3 Å². The van der Waals surface area contributed by atoms with Gasteiger partial charge in [0.1, 0.15) is 12.6 Å². The van der Waals surface area contributed by atoms with Gasteiger partial charge in [0.15, 0.2) is 0 Å². The molecule has 3 aromatic carbocycles. The van der Waals surface area contributed by atoms with Crippen molar-refractivity contribution in [3.63, 3.8) is 0 Å². The summed E-state index contributed by atoms with van der Waals surface area (Å²) in [6, 6.07) is 20.4. The van der Waals surface area contributed by atoms with Crippen LogP contribution in [0.4, 0.5) is 5.69 Å². The van der Waals surface area contributed by atoms with E-state index in [0.29, 0.717) is 23.1 Å². The van der Waals surface area contributed by atoms with Gasteiger partial charge in [-0.2, -0.15) is 0 Å². The zero-order chi connectivity index (χ0) is 29.3. The third-order valence-electron chi connectivity index (χ3n) is 6.67. The Morgan fingerprint density at radius 2 is 1.55 bits per heavy atom. The first-order chi connectivity index (χ1) is 19.1. The second-order valence-corrected chi connectivity index (χ2v) is 12.7. The summed E-state index contributed by atoms with van der Waals surface area (Å²) in [6.07, 6.45) is 2.15. The van der Waals surface area contributed by atoms with Crippen molar-refractivity contribution < 1.29 is 18.0 Å². The van der Waals surface area contributed by atoms with Gasteiger partial charge < -0.3 is 10.2 Å². The second kappa shape index (κ2) is 14.5. The van der Waals surface area contributed by atoms with Gasteiger partial charge in [-0.1, -0.05) is 89.8 Å². The molecule has 0 aliphatic rings. The third-order valence-corrected chi connectivity index (χ3v) is 8.95. The van der Waals surface area contributed by atoms with Crippen molar-refractivity contribution in [3.8, 4) is 0 Å². The summed E-state index contributed by atoms with van der Waals surface area (Å²) in [5.41, 5.74) is 3.21. The molecule has 3 rings (SSSR count). The predicted molar refractivity (Wildman–Crippen MR) is 164 cm³/mol. The lowest BCUT2D eigenvalue weighted by Gasteiger charge is -2.33. The van der Waals surface area contributed by atoms with E-state index < -0.39 is 28.5 Å². The number of unbranched alkanes of at least 4 members (excludes halogenated alkanes) is 1. The highest BCUT2D eigenvalue weighted by molar-refractivity contribution is 9.10. The minimum atomic E-state index is -4.10. The number of halogens is 1. The molecule has 0 radical (unpaired) electrons. The summed E-state index contributed by atoms with van der Waals surface area (Å²) in [5, 5.41) is 2.95. The SMILES string of the molecule is CCCCNC(=O)[C@H](CC)N(Cc1ccc(C)cc1)C(=O)CN(c1cccc(Br)c1)S(=O)(=O)c1ccc(C)cc1. The second-order valence-electron chi connectivity index (χ2n) is 9.88. The highest BCUT2D eigenvalue weighted by Crippen LogP contribution is 2.27. The summed E-state index contributed by atoms with van der Waals surface area (Å²) < 4.78 is 29.6. The normalized spacial score (nSPS) is 12.0. The summed E-state index contributed by atoms with van der Waals surface area (Å²) in [4.78, 5) is 28.9. The van der Waals surface area contributed by atoms with Gasteiger partial charge in [-0.15, -0.1) is 0 Å². The van der Waals surface area contributed by atoms with Gasteiger partial charge in [-0.05, 0) is 62.6 Å². The van der Waals surface area contributed by atoms with E-state index in [1.807, 2.05) is 52.0 Å². The smallest absolute Gasteiger partial charge is 0.264 e. The molecule has 0 heterocycles. The summed E-state index contributed by atoms with van der Waals surface area (Å²) in [6.45, 7) is 7.99. The highest BCUT2D eigenvalue weighted by atomic mass is 79.9. The maximum atomic E-state index is 14.1. The number of sulfonamides is 1. The lowest BCUT2D eigenvalue weighted by molar-refractivity contribution is -0.140. The summed E-state index contributed by atoms with van der Waals surface area (Å²) >= 11 is 3.42. The van der Waals surface area contributed by atoms with Crippen molar-refractivity contribution in [3.05, 3.63) is 94.0 Å². The molecule has 3 aromatic rings. The van der Waals surface area contributed by atoms with Crippen molar-refractivity contribution >= 4 is 43.5 Å². The molecule has 2 amide bonds. The average Bonchev–Trinajstić information content (AvgIpc) is 2.93. The maximum Gasteiger partial charge on any atom is 0.264 e. The number of carbonyl (C=O) groups excluding carboxylic acids is 2. The van der Waals surface area contributed by atoms with Crippen molar-refractivity contribution in [1.29, 1.82) is 0 Å². The highest BCUT2D eigenvalue weighted by Gasteiger charge is 2.33. The van der Waals surface area contributed by atoms with Crippen molar-refractivity contribution in [2.75, 3.05) is 17.4 Å². The largest absolute Gasteiger partial charge is 0.354 e. The van der Waals surface area contributed by atoms with Crippen molar-refractivity contribution in [2.45, 2.75) is 64.4 Å². The first-order valence-electron chi connectivity index (χ1n) is 13.5. The van der Waals surface area contributed by atoms with E-state index in [1.165, 1.54) is 4.90 Å². The van der Waals surface area contributed by atoms with Crippen LogP contribution in [0.5, 0.6) is 0 Å². The number of anilines is 1. The van der Waals surface area contributed by atoms with Crippen LogP contribution in [0.2, 0.25) is 0 Å². The molecule has 214 valence electrons. The van der Waals surface area contributed by atoms with E-state index in [4.69, 9.17) is 0 Å². The van der Waals surface area contributed by atoms with Crippen LogP contribution in [0.3, 0.4) is 0 Å². The zero-order valence-electron chi connectivity index (χ0n) is 23.6. The number of nitrogens with zero attached hydrogens (tertiary/aromatic N) is 2. The number of amides is 2. The van der Waals surface area contributed by atoms with Gasteiger partial charge in [-0.25, -0.2) is 8.42 Å². The Morgan fingerprint density at radius 1 is 0.925 bits per heavy atom. The minimum absolute atomic E-state index is 0.0836. The van der Waals surface area contributed by atoms with E-state index in [0.717, 1.165) is 33.8 Å². The van der Waals surface area contributed by atoms with Crippen LogP contribution in [0.1, 0.15) is 49.8 Å². The van der Waals surface area contributed by atoms with Crippen LogP contribution in [0.25, 0.3) is 0 Å². The molecule has 0 saturated carbocycles. The molecule has 40 heavy (non-hydrogen) atoms. The topological polar surface area (TPSA) is 86.8 Å². The molecule has 0 saturated heterocycles. The number of hydrogen-bond acceptors (Lipinski definition) is 4. The molecule has 1 atom stereocenters. The lowest BCUT2D eigenvalue weighted by Crippen LogP contribution is -2.52. The number of hydrogen-bond donors (Lipinski definition) is 1. The van der Waals surface area contributed by atoms with Crippen LogP contribution in [-0.2, 0) is 26.2 Å². The van der Waals surface area contributed by atoms with Gasteiger partial charge in [-0.3, -0.25) is 13.9 Å². The third kappa shape index (κ3) is 8.17. The molecule has 0 aliphatic carbocycles. The standard InChI is InChI=1S/C31H38BrN3O4S/c1-5-7-19-33-31(37)29(6-2)34(21-25-15-11-23(3)12-16-25)30(36)22-35(27-10-8-9-26(32)20-27)40(38,39)28-17-13-24(4)14-18-28/h8-18,20,29H,5-7,19,21-22H2,1-4H3,(H,33,37)/t29-/m0/s1. The Labute approximate surface area is 246 Å². The number of nitrogens with one attached hydrogen (secondary N) is 1. The first-order valence-corrected chi connectivity index (χ1v) is 15.8. The molecule has 0 unspecified atom stereocenters. The molecule has 0 aliphatic heterocycles. The predicted octanol–water partition coefficient (Wildman–Crippen LogP) is 5.98. The molecule has 0 aromatic heterocycles. The molecule has 0 fully saturated rings. The number of carbonyl (C=O) groups is 2. The van der Waals surface area contributed by atoms with Gasteiger partial charge in [0.25, 0.3) is 10.0 Å². The van der Waals surface area contributed by atoms with E-state index in [2.05, 4.69) is 21.2 Å². The maximum absolute atomic E-state index is 14.1. The minimum Gasteiger partial charge on any atom is -0.354 e. The monoisotopic (exact) mass is 627 g/mol. The first kappa shape index (κ1) is 31.4. The molecular formula is C31H38BrN3O4S. The Balaban J connectivity index is 2.03. The Hall–Kier alpha value is -3.17. The Bertz CT molecular complexity index is 1390. The number of benzene rings is 3. The van der Waals surface area contributed by atoms with E-state index in [-0.39, 0.29) is 17.3 Å². The summed E-state index contributed by atoms with van der Waals surface area (Å²) in [7, 11) is -4.10. The number of aryl methyl sites for hydroxylation is 2.